The predicted octanol–water partition coefficient (Wildman–Crippen LogP) is 0.267. The van der Waals surface area contributed by atoms with Crippen molar-refractivity contribution in [2.75, 3.05) is 40.5 Å². The molecule has 0 spiro atoms. The van der Waals surface area contributed by atoms with Crippen molar-refractivity contribution < 1.29 is 14.3 Å². The van der Waals surface area contributed by atoms with E-state index in [1.807, 2.05) is 6.92 Å². The van der Waals surface area contributed by atoms with E-state index in [1.165, 1.54) is 0 Å². The van der Waals surface area contributed by atoms with Gasteiger partial charge in [-0.2, -0.15) is 0 Å². The smallest absolute Gasteiger partial charge is 0.224 e. The molecule has 16 heavy (non-hydrogen) atoms. The lowest BCUT2D eigenvalue weighted by molar-refractivity contribution is -0.132. The fourth-order valence-electron chi connectivity index (χ4n) is 0.984. The molecular formula is C10H23ClN2O3. The molecule has 0 aliphatic heterocycles. The number of hydrogen-bond acceptors (Lipinski definition) is 4. The van der Waals surface area contributed by atoms with Crippen molar-refractivity contribution in [3.63, 3.8) is 0 Å². The largest absolute Gasteiger partial charge is 0.382 e. The van der Waals surface area contributed by atoms with Gasteiger partial charge in [0, 0.05) is 26.7 Å². The van der Waals surface area contributed by atoms with Crippen LogP contribution >= 0.6 is 12.4 Å². The maximum Gasteiger partial charge on any atom is 0.224 e. The number of halogens is 1. The minimum absolute atomic E-state index is 0. The summed E-state index contributed by atoms with van der Waals surface area (Å²) in [4.78, 5) is 13.2. The first kappa shape index (κ1) is 18.0. The molecule has 0 aromatic rings. The van der Waals surface area contributed by atoms with Crippen molar-refractivity contribution in [2.45, 2.75) is 19.4 Å². The topological polar surface area (TPSA) is 64.8 Å². The van der Waals surface area contributed by atoms with Crippen molar-refractivity contribution in [1.29, 1.82) is 0 Å². The summed E-state index contributed by atoms with van der Waals surface area (Å²) in [5, 5.41) is 0. The first-order valence-electron chi connectivity index (χ1n) is 5.15. The van der Waals surface area contributed by atoms with E-state index in [0.717, 1.165) is 0 Å². The van der Waals surface area contributed by atoms with E-state index in [4.69, 9.17) is 15.2 Å². The summed E-state index contributed by atoms with van der Waals surface area (Å²) < 4.78 is 10.0. The Hall–Kier alpha value is -0.360. The molecule has 1 amide bonds. The Morgan fingerprint density at radius 3 is 2.50 bits per heavy atom. The number of nitrogens with zero attached hydrogens (tertiary/aromatic N) is 1. The first-order valence-corrected chi connectivity index (χ1v) is 5.15. The Balaban J connectivity index is 0. The zero-order valence-corrected chi connectivity index (χ0v) is 11.1. The number of likely N-dealkylation sites (N-methyl/N-ethyl adjacent to an activating group) is 1. The van der Waals surface area contributed by atoms with Crippen LogP contribution in [0.1, 0.15) is 13.3 Å². The number of nitrogens with two attached hydrogens (primary N) is 1. The van der Waals surface area contributed by atoms with Crippen molar-refractivity contribution >= 4 is 18.3 Å². The number of ether oxygens (including phenoxy) is 2. The van der Waals surface area contributed by atoms with Gasteiger partial charge in [-0.25, -0.2) is 0 Å². The summed E-state index contributed by atoms with van der Waals surface area (Å²) >= 11 is 0. The van der Waals surface area contributed by atoms with Gasteiger partial charge in [0.15, 0.2) is 0 Å². The van der Waals surface area contributed by atoms with E-state index in [0.29, 0.717) is 32.8 Å². The van der Waals surface area contributed by atoms with Crippen molar-refractivity contribution in [3.05, 3.63) is 0 Å². The molecule has 0 saturated heterocycles. The number of carbonyl (C=O) groups excluding carboxylic acids is 1. The van der Waals surface area contributed by atoms with E-state index in [1.54, 1.807) is 19.1 Å². The molecule has 0 aromatic heterocycles. The van der Waals surface area contributed by atoms with Crippen molar-refractivity contribution in [1.82, 2.24) is 4.90 Å². The van der Waals surface area contributed by atoms with Crippen molar-refractivity contribution in [2.24, 2.45) is 5.73 Å². The molecule has 0 aromatic carbocycles. The van der Waals surface area contributed by atoms with Gasteiger partial charge >= 0.3 is 0 Å². The summed E-state index contributed by atoms with van der Waals surface area (Å²) in [6.45, 7) is 3.92. The van der Waals surface area contributed by atoms with Gasteiger partial charge in [-0.1, -0.05) is 0 Å². The number of rotatable bonds is 8. The number of methoxy groups -OCH3 is 1. The molecule has 0 aliphatic rings. The Bertz CT molecular complexity index is 181. The average Bonchev–Trinajstić information content (AvgIpc) is 2.26. The normalized spacial score (nSPS) is 11.8. The van der Waals surface area contributed by atoms with Gasteiger partial charge in [0.25, 0.3) is 0 Å². The molecule has 0 bridgehead atoms. The van der Waals surface area contributed by atoms with Crippen LogP contribution in [0.3, 0.4) is 0 Å². The van der Waals surface area contributed by atoms with Gasteiger partial charge in [0.1, 0.15) is 0 Å². The summed E-state index contributed by atoms with van der Waals surface area (Å²) in [6, 6.07) is 0.0801. The second-order valence-corrected chi connectivity index (χ2v) is 3.44. The third-order valence-electron chi connectivity index (χ3n) is 2.29. The molecule has 0 saturated carbocycles. The van der Waals surface area contributed by atoms with Crippen LogP contribution in [0, 0.1) is 0 Å². The monoisotopic (exact) mass is 254 g/mol. The van der Waals surface area contributed by atoms with Crippen molar-refractivity contribution in [3.8, 4) is 0 Å². The minimum Gasteiger partial charge on any atom is -0.382 e. The second-order valence-electron chi connectivity index (χ2n) is 3.44. The predicted molar refractivity (Wildman–Crippen MR) is 65.8 cm³/mol. The lowest BCUT2D eigenvalue weighted by Gasteiger charge is -2.23. The Morgan fingerprint density at radius 1 is 1.38 bits per heavy atom. The van der Waals surface area contributed by atoms with Crippen LogP contribution in [0.2, 0.25) is 0 Å². The Kier molecular flexibility index (Phi) is 12.5. The summed E-state index contributed by atoms with van der Waals surface area (Å²) in [7, 11) is 3.38. The fraction of sp³-hybridized carbons (Fsp3) is 0.900. The highest BCUT2D eigenvalue weighted by atomic mass is 35.5. The van der Waals surface area contributed by atoms with E-state index >= 15 is 0 Å². The van der Waals surface area contributed by atoms with E-state index < -0.39 is 0 Å². The second kappa shape index (κ2) is 11.1. The van der Waals surface area contributed by atoms with Crippen LogP contribution < -0.4 is 5.73 Å². The fourth-order valence-corrected chi connectivity index (χ4v) is 0.984. The number of amides is 1. The molecule has 0 rings (SSSR count). The zero-order chi connectivity index (χ0) is 11.7. The molecular weight excluding hydrogens is 232 g/mol. The summed E-state index contributed by atoms with van der Waals surface area (Å²) in [5.41, 5.74) is 5.46. The van der Waals surface area contributed by atoms with Crippen LogP contribution in [0.25, 0.3) is 0 Å². The molecule has 98 valence electrons. The first-order chi connectivity index (χ1) is 7.13. The molecule has 0 fully saturated rings. The maximum atomic E-state index is 11.5. The highest BCUT2D eigenvalue weighted by Gasteiger charge is 2.13. The quantitative estimate of drug-likeness (QED) is 0.632. The molecule has 0 aliphatic carbocycles. The van der Waals surface area contributed by atoms with E-state index in [2.05, 4.69) is 0 Å². The number of carbonyl (C=O) groups is 1. The molecule has 6 heteroatoms. The Labute approximate surface area is 104 Å². The van der Waals surface area contributed by atoms with Gasteiger partial charge in [0.05, 0.1) is 26.2 Å². The van der Waals surface area contributed by atoms with Crippen LogP contribution in [0.5, 0.6) is 0 Å². The standard InChI is InChI=1S/C10H22N2O3.ClH/c1-9(8-11)12(2)10(13)4-5-15-7-6-14-3;/h9H,4-8,11H2,1-3H3;1H. The molecule has 1 atom stereocenters. The molecule has 1 unspecified atom stereocenters. The van der Waals surface area contributed by atoms with E-state index in [-0.39, 0.29) is 24.4 Å². The average molecular weight is 255 g/mol. The summed E-state index contributed by atoms with van der Waals surface area (Å²) in [5.74, 6) is 0.0605. The van der Waals surface area contributed by atoms with E-state index in [9.17, 15) is 4.79 Å². The third kappa shape index (κ3) is 7.87. The van der Waals surface area contributed by atoms with Gasteiger partial charge in [0.2, 0.25) is 5.91 Å². The third-order valence-corrected chi connectivity index (χ3v) is 2.29. The van der Waals surface area contributed by atoms with Gasteiger partial charge in [-0.15, -0.1) is 12.4 Å². The highest BCUT2D eigenvalue weighted by Crippen LogP contribution is 1.97. The lowest BCUT2D eigenvalue weighted by Crippen LogP contribution is -2.40. The summed E-state index contributed by atoms with van der Waals surface area (Å²) in [6.07, 6.45) is 0.393. The van der Waals surface area contributed by atoms with Crippen LogP contribution in [0.15, 0.2) is 0 Å². The zero-order valence-electron chi connectivity index (χ0n) is 10.3. The van der Waals surface area contributed by atoms with Crippen LogP contribution in [-0.4, -0.2) is 57.4 Å². The molecule has 2 N–H and O–H groups in total. The molecule has 0 heterocycles. The minimum atomic E-state index is 0. The maximum absolute atomic E-state index is 11.5. The van der Waals surface area contributed by atoms with Crippen LogP contribution in [0.4, 0.5) is 0 Å². The van der Waals surface area contributed by atoms with Gasteiger partial charge < -0.3 is 20.1 Å². The highest BCUT2D eigenvalue weighted by molar-refractivity contribution is 5.85. The van der Waals surface area contributed by atoms with Gasteiger partial charge in [-0.05, 0) is 6.92 Å². The molecule has 5 nitrogen and oxygen atoms in total. The SMILES string of the molecule is COCCOCCC(=O)N(C)C(C)CN.Cl. The number of hydrogen-bond donors (Lipinski definition) is 1. The van der Waals surface area contributed by atoms with Gasteiger partial charge in [-0.3, -0.25) is 4.79 Å². The molecule has 0 radical (unpaired) electrons. The lowest BCUT2D eigenvalue weighted by atomic mass is 10.3. The Morgan fingerprint density at radius 2 is 2.00 bits per heavy atom. The van der Waals surface area contributed by atoms with Crippen LogP contribution in [-0.2, 0) is 14.3 Å².